The van der Waals surface area contributed by atoms with Gasteiger partial charge < -0.3 is 19.9 Å². The maximum absolute atomic E-state index is 13.8. The summed E-state index contributed by atoms with van der Waals surface area (Å²) in [6, 6.07) is 3.50. The fourth-order valence-corrected chi connectivity index (χ4v) is 4.89. The largest absolute Gasteiger partial charge is 0.480 e. The van der Waals surface area contributed by atoms with Crippen LogP contribution >= 0.6 is 27.3 Å². The number of ether oxygens (including phenoxy) is 2. The van der Waals surface area contributed by atoms with Crippen LogP contribution in [0.4, 0.5) is 4.39 Å². The van der Waals surface area contributed by atoms with Crippen molar-refractivity contribution in [2.75, 3.05) is 32.8 Å². The first-order chi connectivity index (χ1) is 16.4. The van der Waals surface area contributed by atoms with E-state index in [9.17, 15) is 14.0 Å². The lowest BCUT2D eigenvalue weighted by Crippen LogP contribution is -2.54. The van der Waals surface area contributed by atoms with Crippen molar-refractivity contribution in [1.82, 2.24) is 15.2 Å². The molecular weight excluding hydrogens is 531 g/mol. The molecule has 0 aliphatic carbocycles. The van der Waals surface area contributed by atoms with Gasteiger partial charge in [-0.1, -0.05) is 22.0 Å². The Morgan fingerprint density at radius 3 is 2.82 bits per heavy atom. The van der Waals surface area contributed by atoms with Crippen molar-refractivity contribution < 1.29 is 28.6 Å². The number of carboxylic acid groups (broad SMARTS) is 1. The number of amidine groups is 1. The van der Waals surface area contributed by atoms with E-state index < -0.39 is 23.8 Å². The normalized spacial score (nSPS) is 18.8. The Balaban J connectivity index is 1.68. The first kappa shape index (κ1) is 24.5. The number of esters is 1. The number of carbonyl (C=O) groups is 2. The highest BCUT2D eigenvalue weighted by Crippen LogP contribution is 2.37. The van der Waals surface area contributed by atoms with Gasteiger partial charge in [0.15, 0.2) is 10.8 Å². The number of hydrogen-bond acceptors (Lipinski definition) is 9. The maximum Gasteiger partial charge on any atom is 0.338 e. The Bertz CT molecular complexity index is 1130. The number of carbonyl (C=O) groups excluding carboxylic acids is 1. The average Bonchev–Trinajstić information content (AvgIpc) is 3.29. The number of nitrogens with one attached hydrogen (secondary N) is 1. The van der Waals surface area contributed by atoms with Crippen LogP contribution in [0.25, 0.3) is 0 Å². The Hall–Kier alpha value is -2.67. The van der Waals surface area contributed by atoms with E-state index in [0.29, 0.717) is 51.8 Å². The van der Waals surface area contributed by atoms with Crippen LogP contribution in [0, 0.1) is 5.82 Å². The summed E-state index contributed by atoms with van der Waals surface area (Å²) < 4.78 is 25.0. The van der Waals surface area contributed by atoms with Gasteiger partial charge in [-0.3, -0.25) is 9.89 Å². The zero-order chi connectivity index (χ0) is 24.2. The van der Waals surface area contributed by atoms with Crippen LogP contribution in [0.3, 0.4) is 0 Å². The zero-order valence-electron chi connectivity index (χ0n) is 18.2. The molecule has 2 aliphatic rings. The summed E-state index contributed by atoms with van der Waals surface area (Å²) in [5, 5.41) is 14.5. The molecule has 2 aliphatic heterocycles. The second-order valence-corrected chi connectivity index (χ2v) is 9.39. The summed E-state index contributed by atoms with van der Waals surface area (Å²) in [5.74, 6) is -1.45. The van der Waals surface area contributed by atoms with E-state index in [0.717, 1.165) is 0 Å². The minimum atomic E-state index is -1.02. The molecule has 2 N–H and O–H groups in total. The van der Waals surface area contributed by atoms with Crippen molar-refractivity contribution in [3.05, 3.63) is 61.9 Å². The molecular formula is C22H22BrFN4O5S. The molecule has 0 radical (unpaired) electrons. The minimum absolute atomic E-state index is 0.185. The lowest BCUT2D eigenvalue weighted by molar-refractivity contribution is -0.148. The Morgan fingerprint density at radius 2 is 2.18 bits per heavy atom. The molecule has 0 saturated carbocycles. The van der Waals surface area contributed by atoms with Gasteiger partial charge in [0.1, 0.15) is 18.5 Å². The van der Waals surface area contributed by atoms with Crippen molar-refractivity contribution in [2.45, 2.75) is 19.1 Å². The molecule has 180 valence electrons. The van der Waals surface area contributed by atoms with Gasteiger partial charge in [0.2, 0.25) is 0 Å². The van der Waals surface area contributed by atoms with Crippen LogP contribution in [-0.2, 0) is 19.1 Å². The Kier molecular flexibility index (Phi) is 7.71. The van der Waals surface area contributed by atoms with Crippen molar-refractivity contribution in [3.63, 3.8) is 0 Å². The van der Waals surface area contributed by atoms with E-state index in [-0.39, 0.29) is 19.3 Å². The third-order valence-corrected chi connectivity index (χ3v) is 6.73. The molecule has 1 aromatic heterocycles. The van der Waals surface area contributed by atoms with Crippen LogP contribution in [0.2, 0.25) is 0 Å². The topological polar surface area (TPSA) is 113 Å². The first-order valence-corrected chi connectivity index (χ1v) is 12.2. The molecule has 1 fully saturated rings. The summed E-state index contributed by atoms with van der Waals surface area (Å²) in [4.78, 5) is 35.0. The van der Waals surface area contributed by atoms with Crippen LogP contribution in [-0.4, -0.2) is 71.7 Å². The predicted octanol–water partition coefficient (Wildman–Crippen LogP) is 2.74. The number of thiazole rings is 1. The average molecular weight is 553 g/mol. The van der Waals surface area contributed by atoms with Crippen LogP contribution in [0.5, 0.6) is 0 Å². The van der Waals surface area contributed by atoms with Gasteiger partial charge in [-0.05, 0) is 24.6 Å². The molecule has 2 aromatic rings. The fraction of sp³-hybridized carbons (Fsp3) is 0.364. The van der Waals surface area contributed by atoms with E-state index in [2.05, 4.69) is 26.2 Å². The molecule has 12 heteroatoms. The number of aliphatic imine (C=N–C) groups is 1. The van der Waals surface area contributed by atoms with Crippen LogP contribution in [0.1, 0.15) is 23.5 Å². The van der Waals surface area contributed by atoms with Gasteiger partial charge in [0, 0.05) is 41.4 Å². The predicted molar refractivity (Wildman–Crippen MR) is 126 cm³/mol. The molecule has 9 nitrogen and oxygen atoms in total. The number of aromatic nitrogens is 1. The van der Waals surface area contributed by atoms with Crippen molar-refractivity contribution in [3.8, 4) is 0 Å². The highest BCUT2D eigenvalue weighted by Gasteiger charge is 2.36. The summed E-state index contributed by atoms with van der Waals surface area (Å²) >= 11 is 4.81. The van der Waals surface area contributed by atoms with Crippen LogP contribution < -0.4 is 5.32 Å². The molecule has 34 heavy (non-hydrogen) atoms. The molecule has 1 aromatic carbocycles. The lowest BCUT2D eigenvalue weighted by Gasteiger charge is -2.40. The molecule has 3 heterocycles. The number of aliphatic carboxylic acids is 1. The maximum atomic E-state index is 13.8. The monoisotopic (exact) mass is 552 g/mol. The van der Waals surface area contributed by atoms with E-state index in [1.807, 2.05) is 10.3 Å². The lowest BCUT2D eigenvalue weighted by atomic mass is 9.95. The summed E-state index contributed by atoms with van der Waals surface area (Å²) in [5.41, 5.74) is 1.53. The number of hydrogen-bond donors (Lipinski definition) is 2. The third kappa shape index (κ3) is 5.52. The number of carboxylic acids is 1. The van der Waals surface area contributed by atoms with Gasteiger partial charge in [-0.15, -0.1) is 11.3 Å². The smallest absolute Gasteiger partial charge is 0.338 e. The highest BCUT2D eigenvalue weighted by molar-refractivity contribution is 9.10. The quantitative estimate of drug-likeness (QED) is 0.456. The van der Waals surface area contributed by atoms with Gasteiger partial charge in [0.25, 0.3) is 0 Å². The number of nitrogens with zero attached hydrogens (tertiary/aromatic N) is 3. The van der Waals surface area contributed by atoms with Gasteiger partial charge in [-0.2, -0.15) is 0 Å². The summed E-state index contributed by atoms with van der Waals surface area (Å²) in [6.45, 7) is 2.95. The standard InChI is InChI=1S/C22H22BrFN4O5S/c1-2-32-22(31)18-16(10-28-8-13(9-28)33-11-17(29)30)26-20(21-25-5-6-34-21)27-19(18)14-4-3-12(24)7-15(14)23/h3-7,13,19H,2,8-11H2,1H3,(H,26,27)(H,29,30). The third-order valence-electron chi connectivity index (χ3n) is 5.26. The molecule has 0 spiro atoms. The van der Waals surface area contributed by atoms with Gasteiger partial charge >= 0.3 is 11.9 Å². The molecule has 4 rings (SSSR count). The number of likely N-dealkylation sites (tertiary alicyclic amines) is 1. The van der Waals surface area contributed by atoms with E-state index in [1.165, 1.54) is 23.5 Å². The molecule has 1 unspecified atom stereocenters. The highest BCUT2D eigenvalue weighted by atomic mass is 79.9. The van der Waals surface area contributed by atoms with Gasteiger partial charge in [-0.25, -0.2) is 19.0 Å². The van der Waals surface area contributed by atoms with Crippen molar-refractivity contribution >= 4 is 45.0 Å². The number of rotatable bonds is 9. The summed E-state index contributed by atoms with van der Waals surface area (Å²) in [7, 11) is 0. The van der Waals surface area contributed by atoms with E-state index >= 15 is 0 Å². The van der Waals surface area contributed by atoms with E-state index in [4.69, 9.17) is 19.6 Å². The number of halogens is 2. The molecule has 1 saturated heterocycles. The second kappa shape index (κ2) is 10.7. The van der Waals surface area contributed by atoms with E-state index in [1.54, 1.807) is 19.2 Å². The Labute approximate surface area is 207 Å². The zero-order valence-corrected chi connectivity index (χ0v) is 20.6. The second-order valence-electron chi connectivity index (χ2n) is 7.64. The van der Waals surface area contributed by atoms with Gasteiger partial charge in [0.05, 0.1) is 18.3 Å². The number of benzene rings is 1. The van der Waals surface area contributed by atoms with Crippen LogP contribution in [0.15, 0.2) is 50.5 Å². The molecule has 0 bridgehead atoms. The molecule has 1 atom stereocenters. The SMILES string of the molecule is CCOC(=O)C1=C(CN2CC(OCC(=O)O)C2)NC(c2nccs2)=NC1c1ccc(F)cc1Br. The summed E-state index contributed by atoms with van der Waals surface area (Å²) in [6.07, 6.45) is 1.47. The molecule has 0 amide bonds. The van der Waals surface area contributed by atoms with Crippen molar-refractivity contribution in [1.29, 1.82) is 0 Å². The minimum Gasteiger partial charge on any atom is -0.480 e. The fourth-order valence-electron chi connectivity index (χ4n) is 3.74. The van der Waals surface area contributed by atoms with Crippen molar-refractivity contribution in [2.24, 2.45) is 4.99 Å². The first-order valence-electron chi connectivity index (χ1n) is 10.5. The Morgan fingerprint density at radius 1 is 1.38 bits per heavy atom.